The number of aromatic hydroxyl groups is 1. The lowest BCUT2D eigenvalue weighted by Crippen LogP contribution is -2.27. The van der Waals surface area contributed by atoms with E-state index in [1.54, 1.807) is 19.1 Å². The molecule has 9 heteroatoms. The molecule has 0 atom stereocenters. The maximum Gasteiger partial charge on any atom is 0.270 e. The Morgan fingerprint density at radius 1 is 1.41 bits per heavy atom. The molecule has 3 rings (SSSR count). The molecule has 1 amide bonds. The van der Waals surface area contributed by atoms with E-state index < -0.39 is 5.82 Å². The van der Waals surface area contributed by atoms with Crippen molar-refractivity contribution in [2.75, 3.05) is 11.5 Å². The third-order valence-electron chi connectivity index (χ3n) is 3.62. The van der Waals surface area contributed by atoms with Crippen LogP contribution in [0.3, 0.4) is 0 Å². The molecular formula is C18H12BrClFNO3S2. The zero-order valence-corrected chi connectivity index (χ0v) is 17.8. The summed E-state index contributed by atoms with van der Waals surface area (Å²) < 4.78 is 19.7. The monoisotopic (exact) mass is 487 g/mol. The Bertz CT molecular complexity index is 983. The molecule has 0 aromatic heterocycles. The summed E-state index contributed by atoms with van der Waals surface area (Å²) in [7, 11) is 0. The van der Waals surface area contributed by atoms with Gasteiger partial charge in [0.05, 0.1) is 22.2 Å². The summed E-state index contributed by atoms with van der Waals surface area (Å²) >= 11 is 15.6. The number of ether oxygens (including phenoxy) is 1. The highest BCUT2D eigenvalue weighted by Crippen LogP contribution is 2.39. The molecule has 2 aromatic carbocycles. The maximum absolute atomic E-state index is 13.4. The minimum atomic E-state index is -0.571. The number of carbonyl (C=O) groups excluding carboxylic acids is 1. The fourth-order valence-electron chi connectivity index (χ4n) is 2.40. The number of phenols is 1. The van der Waals surface area contributed by atoms with E-state index in [2.05, 4.69) is 15.9 Å². The van der Waals surface area contributed by atoms with Gasteiger partial charge < -0.3 is 9.84 Å². The normalized spacial score (nSPS) is 15.7. The molecule has 4 nitrogen and oxygen atoms in total. The second-order valence-corrected chi connectivity index (χ2v) is 8.33. The van der Waals surface area contributed by atoms with Crippen molar-refractivity contribution in [3.05, 3.63) is 56.1 Å². The smallest absolute Gasteiger partial charge is 0.270 e. The zero-order chi connectivity index (χ0) is 19.7. The predicted octanol–water partition coefficient (Wildman–Crippen LogP) is 5.75. The Labute approximate surface area is 178 Å². The second-order valence-electron chi connectivity index (χ2n) is 5.39. The number of benzene rings is 2. The first-order chi connectivity index (χ1) is 12.8. The maximum atomic E-state index is 13.4. The van der Waals surface area contributed by atoms with Crippen molar-refractivity contribution in [3.8, 4) is 11.5 Å². The molecule has 0 radical (unpaired) electrons. The molecule has 27 heavy (non-hydrogen) atoms. The number of thioether (sulfide) groups is 1. The van der Waals surface area contributed by atoms with Crippen molar-refractivity contribution < 1.29 is 19.0 Å². The van der Waals surface area contributed by atoms with Gasteiger partial charge in [-0.2, -0.15) is 0 Å². The van der Waals surface area contributed by atoms with Crippen molar-refractivity contribution in [2.45, 2.75) is 6.92 Å². The van der Waals surface area contributed by atoms with E-state index in [0.717, 1.165) is 11.8 Å². The van der Waals surface area contributed by atoms with Crippen molar-refractivity contribution in [3.63, 3.8) is 0 Å². The van der Waals surface area contributed by atoms with Gasteiger partial charge in [-0.25, -0.2) is 4.39 Å². The molecule has 1 heterocycles. The Hall–Kier alpha value is -1.61. The van der Waals surface area contributed by atoms with Crippen molar-refractivity contribution in [2.24, 2.45) is 0 Å². The molecular weight excluding hydrogens is 477 g/mol. The Kier molecular flexibility index (Phi) is 6.10. The van der Waals surface area contributed by atoms with E-state index in [4.69, 9.17) is 28.6 Å². The fourth-order valence-corrected chi connectivity index (χ4v) is 4.31. The minimum Gasteiger partial charge on any atom is -0.504 e. The summed E-state index contributed by atoms with van der Waals surface area (Å²) in [5.74, 6) is -0.606. The molecule has 1 aliphatic rings. The van der Waals surface area contributed by atoms with Crippen LogP contribution >= 0.6 is 51.5 Å². The van der Waals surface area contributed by atoms with Gasteiger partial charge in [0, 0.05) is 4.47 Å². The number of rotatable bonds is 4. The van der Waals surface area contributed by atoms with Crippen LogP contribution in [0.1, 0.15) is 12.5 Å². The number of hydrogen-bond acceptors (Lipinski definition) is 5. The molecule has 0 spiro atoms. The first kappa shape index (κ1) is 20.1. The largest absolute Gasteiger partial charge is 0.504 e. The molecule has 0 saturated carbocycles. The van der Waals surface area contributed by atoms with Gasteiger partial charge in [-0.05, 0) is 48.9 Å². The van der Waals surface area contributed by atoms with E-state index in [1.165, 1.54) is 29.2 Å². The van der Waals surface area contributed by atoms with Crippen LogP contribution in [-0.2, 0) is 4.79 Å². The van der Waals surface area contributed by atoms with Crippen LogP contribution in [-0.4, -0.2) is 21.9 Å². The molecule has 1 saturated heterocycles. The minimum absolute atomic E-state index is 0.00521. The average molecular weight is 489 g/mol. The van der Waals surface area contributed by atoms with Crippen LogP contribution < -0.4 is 9.64 Å². The number of anilines is 1. The third-order valence-corrected chi connectivity index (χ3v) is 5.90. The van der Waals surface area contributed by atoms with Gasteiger partial charge >= 0.3 is 0 Å². The quantitative estimate of drug-likeness (QED) is 0.438. The van der Waals surface area contributed by atoms with Gasteiger partial charge in [-0.3, -0.25) is 9.69 Å². The fraction of sp³-hybridized carbons (Fsp3) is 0.111. The molecule has 1 fully saturated rings. The lowest BCUT2D eigenvalue weighted by atomic mass is 10.2. The second kappa shape index (κ2) is 8.18. The summed E-state index contributed by atoms with van der Waals surface area (Å²) in [6, 6.07) is 7.11. The summed E-state index contributed by atoms with van der Waals surface area (Å²) in [5.41, 5.74) is 1.04. The van der Waals surface area contributed by atoms with Gasteiger partial charge in [0.2, 0.25) is 0 Å². The van der Waals surface area contributed by atoms with E-state index in [9.17, 15) is 14.3 Å². The molecule has 0 aliphatic carbocycles. The third kappa shape index (κ3) is 4.13. The van der Waals surface area contributed by atoms with E-state index >= 15 is 0 Å². The van der Waals surface area contributed by atoms with Crippen molar-refractivity contribution in [1.82, 2.24) is 0 Å². The van der Waals surface area contributed by atoms with Gasteiger partial charge in [0.25, 0.3) is 5.91 Å². The zero-order valence-electron chi connectivity index (χ0n) is 13.8. The van der Waals surface area contributed by atoms with E-state index in [-0.39, 0.29) is 16.7 Å². The van der Waals surface area contributed by atoms with Gasteiger partial charge in [0.15, 0.2) is 15.8 Å². The topological polar surface area (TPSA) is 49.8 Å². The molecule has 140 valence electrons. The lowest BCUT2D eigenvalue weighted by Gasteiger charge is -2.14. The number of halogens is 3. The Balaban J connectivity index is 1.97. The molecule has 0 unspecified atom stereocenters. The first-order valence-electron chi connectivity index (χ1n) is 7.70. The summed E-state index contributed by atoms with van der Waals surface area (Å²) in [4.78, 5) is 14.5. The molecule has 2 aromatic rings. The standard InChI is InChI=1S/C18H12BrClFNO3S2/c1-2-25-15-5-9(11(19)8-14(15)23)6-16-17(24)22(18(26)27-16)10-3-4-13(21)12(20)7-10/h3-8,23H,2H2,1H3. The number of nitrogens with zero attached hydrogens (tertiary/aromatic N) is 1. The predicted molar refractivity (Wildman–Crippen MR) is 114 cm³/mol. The summed E-state index contributed by atoms with van der Waals surface area (Å²) in [6.45, 7) is 2.20. The van der Waals surface area contributed by atoms with Crippen molar-refractivity contribution in [1.29, 1.82) is 0 Å². The Morgan fingerprint density at radius 2 is 2.15 bits per heavy atom. The Morgan fingerprint density at radius 3 is 2.81 bits per heavy atom. The van der Waals surface area contributed by atoms with E-state index in [1.807, 2.05) is 0 Å². The summed E-state index contributed by atoms with van der Waals surface area (Å²) in [6.07, 6.45) is 1.65. The van der Waals surface area contributed by atoms with E-state index in [0.29, 0.717) is 37.3 Å². The van der Waals surface area contributed by atoms with Crippen LogP contribution in [0.25, 0.3) is 6.08 Å². The number of carbonyl (C=O) groups is 1. The molecule has 1 aliphatic heterocycles. The first-order valence-corrected chi connectivity index (χ1v) is 10.1. The van der Waals surface area contributed by atoms with Gasteiger partial charge in [0.1, 0.15) is 5.82 Å². The van der Waals surface area contributed by atoms with Crippen LogP contribution in [0.4, 0.5) is 10.1 Å². The van der Waals surface area contributed by atoms with Gasteiger partial charge in [-0.15, -0.1) is 0 Å². The van der Waals surface area contributed by atoms with Crippen molar-refractivity contribution >= 4 is 73.5 Å². The number of hydrogen-bond donors (Lipinski definition) is 1. The molecule has 1 N–H and O–H groups in total. The van der Waals surface area contributed by atoms with Gasteiger partial charge in [-0.1, -0.05) is 51.5 Å². The lowest BCUT2D eigenvalue weighted by molar-refractivity contribution is -0.113. The van der Waals surface area contributed by atoms with Crippen LogP contribution in [0.15, 0.2) is 39.7 Å². The highest BCUT2D eigenvalue weighted by molar-refractivity contribution is 9.10. The van der Waals surface area contributed by atoms with Crippen LogP contribution in [0, 0.1) is 5.82 Å². The highest BCUT2D eigenvalue weighted by atomic mass is 79.9. The highest BCUT2D eigenvalue weighted by Gasteiger charge is 2.33. The average Bonchev–Trinajstić information content (AvgIpc) is 2.88. The summed E-state index contributed by atoms with van der Waals surface area (Å²) in [5, 5.41) is 9.83. The number of amides is 1. The number of phenolic OH excluding ortho intramolecular Hbond substituents is 1. The van der Waals surface area contributed by atoms with Crippen LogP contribution in [0.5, 0.6) is 11.5 Å². The number of thiocarbonyl (C=S) groups is 1. The molecule has 0 bridgehead atoms. The van der Waals surface area contributed by atoms with Crippen LogP contribution in [0.2, 0.25) is 5.02 Å². The SMILES string of the molecule is CCOc1cc(C=C2SC(=S)N(c3ccc(F)c(Cl)c3)C2=O)c(Br)cc1O.